The van der Waals surface area contributed by atoms with Crippen LogP contribution in [0.2, 0.25) is 0 Å². The molecule has 25 heteroatoms. The molecule has 3 saturated heterocycles. The fraction of sp³-hybridized carbons (Fsp3) is 0.500. The highest BCUT2D eigenvalue weighted by atomic mass is 32.7. The highest BCUT2D eigenvalue weighted by Crippen LogP contribution is 2.60. The molecule has 3 aliphatic heterocycles. The minimum atomic E-state index is -4.40. The van der Waals surface area contributed by atoms with Gasteiger partial charge >= 0.3 is 13.6 Å². The molecule has 7 heterocycles. The molecule has 0 spiro atoms. The second-order valence-corrected chi connectivity index (χ2v) is 15.8. The zero-order chi connectivity index (χ0) is 31.8. The van der Waals surface area contributed by atoms with Crippen LogP contribution >= 0.6 is 38.1 Å². The van der Waals surface area contributed by atoms with E-state index in [1.807, 2.05) is 0 Å². The molecule has 2 unspecified atom stereocenters. The second kappa shape index (κ2) is 11.2. The van der Waals surface area contributed by atoms with Gasteiger partial charge in [0.1, 0.15) is 42.4 Å². The molecule has 20 nitrogen and oxygen atoms in total. The molecule has 0 bridgehead atoms. The Morgan fingerprint density at radius 1 is 0.911 bits per heavy atom. The van der Waals surface area contributed by atoms with Gasteiger partial charge in [-0.25, -0.2) is 33.5 Å². The Morgan fingerprint density at radius 2 is 1.51 bits per heavy atom. The van der Waals surface area contributed by atoms with Gasteiger partial charge in [0.2, 0.25) is 5.95 Å². The van der Waals surface area contributed by atoms with Crippen LogP contribution in [0.4, 0.5) is 16.2 Å². The van der Waals surface area contributed by atoms with Crippen LogP contribution in [0.15, 0.2) is 23.8 Å². The van der Waals surface area contributed by atoms with Crippen LogP contribution in [0.25, 0.3) is 22.3 Å². The Labute approximate surface area is 260 Å². The van der Waals surface area contributed by atoms with Crippen molar-refractivity contribution in [1.82, 2.24) is 39.0 Å². The van der Waals surface area contributed by atoms with Crippen LogP contribution in [-0.2, 0) is 36.7 Å². The minimum absolute atomic E-state index is 0.0789. The third-order valence-corrected chi connectivity index (χ3v) is 10.5. The summed E-state index contributed by atoms with van der Waals surface area (Å²) in [6.07, 6.45) is -8.62. The van der Waals surface area contributed by atoms with Crippen LogP contribution < -0.4 is 17.0 Å². The lowest BCUT2D eigenvalue weighted by Gasteiger charge is -2.28. The van der Waals surface area contributed by atoms with Crippen molar-refractivity contribution in [2.24, 2.45) is 0 Å². The highest BCUT2D eigenvalue weighted by molar-refractivity contribution is 8.44. The number of nitrogens with two attached hydrogens (primary N) is 2. The molecule has 6 N–H and O–H groups in total. The summed E-state index contributed by atoms with van der Waals surface area (Å²) in [4.78, 5) is 34.6. The Morgan fingerprint density at radius 3 is 2.22 bits per heavy atom. The van der Waals surface area contributed by atoms with Crippen molar-refractivity contribution in [1.29, 1.82) is 0 Å². The maximum Gasteiger partial charge on any atom is 0.386 e. The number of nitrogens with zero attached hydrogens (tertiary/aromatic N) is 7. The van der Waals surface area contributed by atoms with Gasteiger partial charge in [-0.05, 0) is 0 Å². The number of aromatic nitrogens is 8. The van der Waals surface area contributed by atoms with Crippen molar-refractivity contribution in [3.63, 3.8) is 0 Å². The third-order valence-electron chi connectivity index (χ3n) is 7.28. The predicted molar refractivity (Wildman–Crippen MR) is 156 cm³/mol. The number of anilines is 2. The van der Waals surface area contributed by atoms with Crippen molar-refractivity contribution >= 4 is 72.2 Å². The number of ether oxygens (including phenoxy) is 2. The zero-order valence-corrected chi connectivity index (χ0v) is 25.9. The lowest BCUT2D eigenvalue weighted by atomic mass is 10.1. The lowest BCUT2D eigenvalue weighted by molar-refractivity contribution is -0.0555. The summed E-state index contributed by atoms with van der Waals surface area (Å²) in [6.45, 7) is -10.0. The normalized spacial score (nSPS) is 37.7. The molecule has 0 aromatic carbocycles. The molecular weight excluding hydrogens is 685 g/mol. The van der Waals surface area contributed by atoms with E-state index in [2.05, 4.69) is 54.4 Å². The summed E-state index contributed by atoms with van der Waals surface area (Å²) in [7, 11) is 0. The number of nitrogen functional groups attached to an aromatic ring is 2. The van der Waals surface area contributed by atoms with Gasteiger partial charge in [0.05, 0.1) is 25.9 Å². The lowest BCUT2D eigenvalue weighted by Crippen LogP contribution is -2.37. The third kappa shape index (κ3) is 5.54. The van der Waals surface area contributed by atoms with Crippen LogP contribution in [0.5, 0.6) is 0 Å². The van der Waals surface area contributed by atoms with Gasteiger partial charge in [0.25, 0.3) is 5.56 Å². The van der Waals surface area contributed by atoms with Crippen LogP contribution in [0, 0.1) is 0 Å². The Bertz CT molecular complexity index is 1950. The molecule has 3 aliphatic rings. The molecule has 4 aromatic heterocycles. The SMILES string of the molecule is Nc1nc2c(ncn2[C@@H]2OC3CO[P@@](=O)(S)O[C@@H]4C(CO[P@](=O)(S)O[C@H]3[C@H]2F)O[C@@H](n2cnc3c(N)ncnc32)[C@@H]4O)c(=O)[nH]1. The molecule has 7 rings (SSSR count). The van der Waals surface area contributed by atoms with Crippen molar-refractivity contribution in [2.45, 2.75) is 49.1 Å². The zero-order valence-electron chi connectivity index (χ0n) is 22.3. The first-order valence-corrected chi connectivity index (χ1v) is 18.3. The number of fused-ring (bicyclic) bond motifs is 4. The van der Waals surface area contributed by atoms with Gasteiger partial charge in [0, 0.05) is 0 Å². The monoisotopic (exact) mass is 708 g/mol. The van der Waals surface area contributed by atoms with Gasteiger partial charge in [-0.3, -0.25) is 37.0 Å². The average Bonchev–Trinajstić information content (AvgIpc) is 3.72. The Hall–Kier alpha value is -2.69. The van der Waals surface area contributed by atoms with Crippen LogP contribution in [0.1, 0.15) is 12.5 Å². The second-order valence-electron chi connectivity index (χ2n) is 10.1. The summed E-state index contributed by atoms with van der Waals surface area (Å²) < 4.78 is 78.9. The molecule has 0 saturated carbocycles. The summed E-state index contributed by atoms with van der Waals surface area (Å²) >= 11 is 8.03. The molecule has 0 radical (unpaired) electrons. The number of hydrogen-bond donors (Lipinski definition) is 6. The van der Waals surface area contributed by atoms with Crippen LogP contribution in [-0.4, -0.2) is 94.0 Å². The molecule has 4 aromatic rings. The number of rotatable bonds is 2. The smallest absolute Gasteiger partial charge is 0.386 e. The van der Waals surface area contributed by atoms with E-state index in [1.54, 1.807) is 0 Å². The van der Waals surface area contributed by atoms with Crippen molar-refractivity contribution in [2.75, 3.05) is 24.7 Å². The molecule has 242 valence electrons. The van der Waals surface area contributed by atoms with Crippen molar-refractivity contribution in [3.8, 4) is 0 Å². The molecule has 3 fully saturated rings. The molecule has 0 amide bonds. The largest absolute Gasteiger partial charge is 0.386 e. The Kier molecular flexibility index (Phi) is 7.72. The fourth-order valence-corrected chi connectivity index (χ4v) is 8.25. The molecule has 45 heavy (non-hydrogen) atoms. The van der Waals surface area contributed by atoms with Gasteiger partial charge in [0.15, 0.2) is 41.3 Å². The number of nitrogens with one attached hydrogen (secondary N) is 1. The number of alkyl halides is 1. The summed E-state index contributed by atoms with van der Waals surface area (Å²) in [5.74, 6) is -0.179. The number of H-pyrrole nitrogens is 1. The van der Waals surface area contributed by atoms with E-state index in [4.69, 9.17) is 39.0 Å². The number of thiol groups is 2. The number of imidazole rings is 2. The summed E-state index contributed by atoms with van der Waals surface area (Å²) in [5.41, 5.74) is 11.0. The van der Waals surface area contributed by atoms with Crippen molar-refractivity contribution < 1.29 is 46.2 Å². The van der Waals surface area contributed by atoms with Gasteiger partial charge < -0.3 is 26.0 Å². The summed E-state index contributed by atoms with van der Waals surface area (Å²) in [6, 6.07) is 0. The highest BCUT2D eigenvalue weighted by Gasteiger charge is 2.54. The predicted octanol–water partition coefficient (Wildman–Crippen LogP) is 0.511. The quantitative estimate of drug-likeness (QED) is 0.122. The minimum Gasteiger partial charge on any atom is -0.386 e. The molecule has 10 atom stereocenters. The number of aliphatic hydroxyl groups is 1. The standard InChI is InChI=1S/C20H23FN10O10P2S2/c21-8-12-6(38-18(8)31-5-27-10-16(31)28-20(23)29-17(10)33)1-36-43(35,45)41-13-7(2-37-42(34,44)40-12)39-19(11(13)32)30-4-26-9-14(22)24-3-25-15(9)30/h3-8,11-13,18-19,32H,1-2H2,(H,34,44)(H,35,45)(H2,22,24,25)(H3,23,28,29,33)/t6?,7?,8-,11-,12-,13-,18-,19-,42+,43-/m1/s1. The van der Waals surface area contributed by atoms with Gasteiger partial charge in [-0.15, -0.1) is 0 Å². The maximum atomic E-state index is 16.0. The van der Waals surface area contributed by atoms with E-state index in [9.17, 15) is 19.0 Å². The number of hydrogen-bond acceptors (Lipinski definition) is 17. The fourth-order valence-electron chi connectivity index (χ4n) is 5.28. The molecule has 0 aliphatic carbocycles. The van der Waals surface area contributed by atoms with E-state index >= 15 is 4.39 Å². The number of aromatic amines is 1. The first kappa shape index (κ1) is 30.9. The van der Waals surface area contributed by atoms with Gasteiger partial charge in [-0.1, -0.05) is 24.5 Å². The first-order valence-electron chi connectivity index (χ1n) is 12.9. The number of halogens is 1. The topological polar surface area (TPSA) is 269 Å². The van der Waals surface area contributed by atoms with Crippen molar-refractivity contribution in [3.05, 3.63) is 29.3 Å². The Balaban J connectivity index is 1.17. The van der Waals surface area contributed by atoms with Crippen LogP contribution in [0.3, 0.4) is 0 Å². The molecular formula is C20H23FN10O10P2S2. The first-order chi connectivity index (χ1) is 21.3. The van der Waals surface area contributed by atoms with E-state index in [0.29, 0.717) is 0 Å². The van der Waals surface area contributed by atoms with E-state index in [-0.39, 0.29) is 34.1 Å². The summed E-state index contributed by atoms with van der Waals surface area (Å²) in [5, 5.41) is 11.2. The number of aliphatic hydroxyl groups excluding tert-OH is 1. The van der Waals surface area contributed by atoms with Gasteiger partial charge in [-0.2, -0.15) is 4.98 Å². The van der Waals surface area contributed by atoms with E-state index < -0.39 is 81.5 Å². The average molecular weight is 709 g/mol. The van der Waals surface area contributed by atoms with E-state index in [0.717, 1.165) is 10.9 Å². The maximum absolute atomic E-state index is 16.0. The van der Waals surface area contributed by atoms with E-state index in [1.165, 1.54) is 17.2 Å².